The van der Waals surface area contributed by atoms with Gasteiger partial charge in [0.25, 0.3) is 0 Å². The summed E-state index contributed by atoms with van der Waals surface area (Å²) in [6.07, 6.45) is 0.441. The highest BCUT2D eigenvalue weighted by atomic mass is 35.5. The molecule has 4 rings (SSSR count). The summed E-state index contributed by atoms with van der Waals surface area (Å²) in [5.41, 5.74) is 4.91. The Kier molecular flexibility index (Phi) is 3.75. The van der Waals surface area contributed by atoms with Crippen LogP contribution in [0.15, 0.2) is 58.4 Å². The van der Waals surface area contributed by atoms with Crippen LogP contribution in [0.25, 0.3) is 0 Å². The fourth-order valence-corrected chi connectivity index (χ4v) is 4.12. The number of carbonyl (C=O) groups excluding carboxylic acids is 1. The standard InChI is InChI=1S/C17H14ClN3OS/c18-12-6-7-14-13(8-12)19-17-15(23-14)9-16(22)20-21(17)10-11-4-2-1-3-5-11/h1-8,15H,9-10H2,(H,20,22)/t15-/m1/s1. The van der Waals surface area contributed by atoms with Gasteiger partial charge in [-0.05, 0) is 23.8 Å². The van der Waals surface area contributed by atoms with Crippen molar-refractivity contribution in [2.45, 2.75) is 23.1 Å². The molecule has 0 aromatic heterocycles. The summed E-state index contributed by atoms with van der Waals surface area (Å²) in [6, 6.07) is 15.7. The van der Waals surface area contributed by atoms with Crippen molar-refractivity contribution >= 4 is 40.8 Å². The molecular formula is C17H14ClN3OS. The molecule has 1 fully saturated rings. The number of carbonyl (C=O) groups is 1. The van der Waals surface area contributed by atoms with Gasteiger partial charge in [-0.3, -0.25) is 15.2 Å². The number of nitrogens with one attached hydrogen (secondary N) is 1. The molecule has 1 saturated heterocycles. The van der Waals surface area contributed by atoms with E-state index in [-0.39, 0.29) is 11.2 Å². The molecule has 1 atom stereocenters. The van der Waals surface area contributed by atoms with Crippen molar-refractivity contribution in [3.63, 3.8) is 0 Å². The van der Waals surface area contributed by atoms with Gasteiger partial charge in [0.1, 0.15) is 5.84 Å². The maximum absolute atomic E-state index is 12.0. The second-order valence-corrected chi connectivity index (χ2v) is 7.18. The average Bonchev–Trinajstić information content (AvgIpc) is 2.54. The van der Waals surface area contributed by atoms with E-state index >= 15 is 0 Å². The van der Waals surface area contributed by atoms with E-state index in [9.17, 15) is 4.79 Å². The van der Waals surface area contributed by atoms with Gasteiger partial charge in [-0.15, -0.1) is 11.8 Å². The second kappa shape index (κ2) is 5.91. The summed E-state index contributed by atoms with van der Waals surface area (Å²) < 4.78 is 0. The third-order valence-corrected chi connectivity index (χ3v) is 5.30. The van der Waals surface area contributed by atoms with Crippen LogP contribution in [0.3, 0.4) is 0 Å². The normalized spacial score (nSPS) is 19.5. The fourth-order valence-electron chi connectivity index (χ4n) is 2.75. The van der Waals surface area contributed by atoms with Crippen LogP contribution in [0.4, 0.5) is 5.69 Å². The summed E-state index contributed by atoms with van der Waals surface area (Å²) in [4.78, 5) is 17.9. The number of rotatable bonds is 2. The Morgan fingerprint density at radius 3 is 2.91 bits per heavy atom. The number of benzene rings is 2. The van der Waals surface area contributed by atoms with Gasteiger partial charge < -0.3 is 0 Å². The third-order valence-electron chi connectivity index (χ3n) is 3.80. The summed E-state index contributed by atoms with van der Waals surface area (Å²) in [6.45, 7) is 0.596. The fraction of sp³-hybridized carbons (Fsp3) is 0.176. The molecule has 4 nitrogen and oxygen atoms in total. The number of thioether (sulfide) groups is 1. The van der Waals surface area contributed by atoms with E-state index in [2.05, 4.69) is 5.43 Å². The van der Waals surface area contributed by atoms with Crippen LogP contribution in [-0.4, -0.2) is 22.0 Å². The highest BCUT2D eigenvalue weighted by Crippen LogP contribution is 2.41. The van der Waals surface area contributed by atoms with E-state index < -0.39 is 0 Å². The predicted molar refractivity (Wildman–Crippen MR) is 92.9 cm³/mol. The van der Waals surface area contributed by atoms with Crippen LogP contribution in [0.1, 0.15) is 12.0 Å². The van der Waals surface area contributed by atoms with Crippen molar-refractivity contribution in [1.82, 2.24) is 10.4 Å². The first-order valence-electron chi connectivity index (χ1n) is 7.35. The number of hydrazine groups is 1. The van der Waals surface area contributed by atoms with Crippen LogP contribution in [0.5, 0.6) is 0 Å². The zero-order valence-corrected chi connectivity index (χ0v) is 13.8. The minimum atomic E-state index is 0.0230. The lowest BCUT2D eigenvalue weighted by Crippen LogP contribution is -2.55. The van der Waals surface area contributed by atoms with Gasteiger partial charge in [0.15, 0.2) is 0 Å². The van der Waals surface area contributed by atoms with Crippen molar-refractivity contribution in [2.24, 2.45) is 4.99 Å². The molecule has 2 aliphatic rings. The Morgan fingerprint density at radius 2 is 2.09 bits per heavy atom. The van der Waals surface area contributed by atoms with E-state index in [1.165, 1.54) is 0 Å². The van der Waals surface area contributed by atoms with E-state index in [0.717, 1.165) is 22.0 Å². The highest BCUT2D eigenvalue weighted by Gasteiger charge is 2.35. The van der Waals surface area contributed by atoms with Crippen molar-refractivity contribution in [3.05, 3.63) is 59.1 Å². The largest absolute Gasteiger partial charge is 0.273 e. The lowest BCUT2D eigenvalue weighted by atomic mass is 10.1. The second-order valence-electron chi connectivity index (χ2n) is 5.50. The van der Waals surface area contributed by atoms with Crippen LogP contribution in [-0.2, 0) is 11.3 Å². The van der Waals surface area contributed by atoms with Gasteiger partial charge in [-0.1, -0.05) is 41.9 Å². The van der Waals surface area contributed by atoms with Crippen molar-refractivity contribution < 1.29 is 4.79 Å². The van der Waals surface area contributed by atoms with Crippen LogP contribution >= 0.6 is 23.4 Å². The Bertz CT molecular complexity index is 794. The smallest absolute Gasteiger partial charge is 0.240 e. The van der Waals surface area contributed by atoms with Crippen LogP contribution in [0, 0.1) is 0 Å². The first-order chi connectivity index (χ1) is 11.2. The van der Waals surface area contributed by atoms with Crippen LogP contribution < -0.4 is 5.43 Å². The molecule has 0 spiro atoms. The van der Waals surface area contributed by atoms with Crippen molar-refractivity contribution in [1.29, 1.82) is 0 Å². The molecule has 2 aliphatic heterocycles. The number of hydrogen-bond donors (Lipinski definition) is 1. The first kappa shape index (κ1) is 14.6. The predicted octanol–water partition coefficient (Wildman–Crippen LogP) is 3.78. The maximum Gasteiger partial charge on any atom is 0.240 e. The minimum Gasteiger partial charge on any atom is -0.273 e. The molecule has 116 valence electrons. The number of aliphatic imine (C=N–C) groups is 1. The Balaban J connectivity index is 1.70. The molecule has 2 aromatic carbocycles. The molecule has 2 heterocycles. The van der Waals surface area contributed by atoms with Gasteiger partial charge in [0, 0.05) is 16.3 Å². The minimum absolute atomic E-state index is 0.0230. The number of amides is 1. The summed E-state index contributed by atoms with van der Waals surface area (Å²) in [5.74, 6) is 0.906. The molecule has 1 N–H and O–H groups in total. The van der Waals surface area contributed by atoms with Crippen molar-refractivity contribution in [2.75, 3.05) is 0 Å². The average molecular weight is 344 g/mol. The van der Waals surface area contributed by atoms with Gasteiger partial charge in [0.05, 0.1) is 17.5 Å². The molecule has 1 amide bonds. The maximum atomic E-state index is 12.0. The Morgan fingerprint density at radius 1 is 1.26 bits per heavy atom. The van der Waals surface area contributed by atoms with E-state index in [0.29, 0.717) is 18.0 Å². The molecule has 0 aliphatic carbocycles. The molecule has 23 heavy (non-hydrogen) atoms. The Hall–Kier alpha value is -1.98. The summed E-state index contributed by atoms with van der Waals surface area (Å²) in [7, 11) is 0. The van der Waals surface area contributed by atoms with Crippen LogP contribution in [0.2, 0.25) is 5.02 Å². The monoisotopic (exact) mass is 343 g/mol. The van der Waals surface area contributed by atoms with Gasteiger partial charge in [-0.25, -0.2) is 4.99 Å². The number of halogens is 1. The molecule has 0 radical (unpaired) electrons. The third kappa shape index (κ3) is 2.94. The lowest BCUT2D eigenvalue weighted by Gasteiger charge is -2.37. The first-order valence-corrected chi connectivity index (χ1v) is 8.60. The quantitative estimate of drug-likeness (QED) is 0.902. The lowest BCUT2D eigenvalue weighted by molar-refractivity contribution is -0.125. The summed E-state index contributed by atoms with van der Waals surface area (Å²) in [5, 5.41) is 2.56. The molecule has 0 saturated carbocycles. The van der Waals surface area contributed by atoms with E-state index in [4.69, 9.17) is 16.6 Å². The summed E-state index contributed by atoms with van der Waals surface area (Å²) >= 11 is 7.76. The molecule has 0 unspecified atom stereocenters. The topological polar surface area (TPSA) is 44.7 Å². The number of fused-ring (bicyclic) bond motifs is 2. The highest BCUT2D eigenvalue weighted by molar-refractivity contribution is 8.01. The van der Waals surface area contributed by atoms with Gasteiger partial charge in [0.2, 0.25) is 5.91 Å². The number of amidine groups is 1. The zero-order valence-electron chi connectivity index (χ0n) is 12.2. The number of nitrogens with zero attached hydrogens (tertiary/aromatic N) is 2. The molecular weight excluding hydrogens is 330 g/mol. The van der Waals surface area contributed by atoms with Gasteiger partial charge >= 0.3 is 0 Å². The van der Waals surface area contributed by atoms with E-state index in [1.807, 2.05) is 53.5 Å². The zero-order chi connectivity index (χ0) is 15.8. The SMILES string of the molecule is O=C1C[C@H]2Sc3ccc(Cl)cc3N=C2N(Cc2ccccc2)N1. The molecule has 0 bridgehead atoms. The molecule has 6 heteroatoms. The molecule has 2 aromatic rings. The Labute approximate surface area is 143 Å². The van der Waals surface area contributed by atoms with Gasteiger partial charge in [-0.2, -0.15) is 0 Å². The van der Waals surface area contributed by atoms with Crippen molar-refractivity contribution in [3.8, 4) is 0 Å². The number of hydrogen-bond acceptors (Lipinski definition) is 4. The van der Waals surface area contributed by atoms with E-state index in [1.54, 1.807) is 11.8 Å².